The molecular formula is C18H17Cl2NO4S. The summed E-state index contributed by atoms with van der Waals surface area (Å²) in [5, 5.41) is 3.69. The Bertz CT molecular complexity index is 801. The Kier molecular flexibility index (Phi) is 7.63. The van der Waals surface area contributed by atoms with Crippen LogP contribution in [0.4, 0.5) is 5.69 Å². The lowest BCUT2D eigenvalue weighted by molar-refractivity contribution is -0.150. The maximum absolute atomic E-state index is 12.2. The number of halogens is 2. The van der Waals surface area contributed by atoms with Crippen molar-refractivity contribution in [3.8, 4) is 5.75 Å². The molecular weight excluding hydrogens is 397 g/mol. The fraction of sp³-hybridized carbons (Fsp3) is 0.222. The Morgan fingerprint density at radius 1 is 1.19 bits per heavy atom. The number of methoxy groups -OCH3 is 1. The van der Waals surface area contributed by atoms with E-state index >= 15 is 0 Å². The zero-order chi connectivity index (χ0) is 19.1. The van der Waals surface area contributed by atoms with Crippen LogP contribution < -0.4 is 10.1 Å². The molecule has 1 amide bonds. The number of ether oxygens (including phenoxy) is 2. The number of thioether (sulfide) groups is 1. The SMILES string of the molecule is COc1ccccc1NC(=O)C(C)OC(=O)CSc1cc(Cl)ccc1Cl. The molecule has 8 heteroatoms. The van der Waals surface area contributed by atoms with E-state index in [9.17, 15) is 9.59 Å². The fourth-order valence-electron chi connectivity index (χ4n) is 1.99. The Labute approximate surface area is 166 Å². The van der Waals surface area contributed by atoms with E-state index in [0.29, 0.717) is 26.4 Å². The van der Waals surface area contributed by atoms with E-state index in [4.69, 9.17) is 32.7 Å². The second-order valence-corrected chi connectivity index (χ2v) is 7.05. The minimum atomic E-state index is -0.956. The summed E-state index contributed by atoms with van der Waals surface area (Å²) in [6.45, 7) is 1.50. The van der Waals surface area contributed by atoms with E-state index in [1.807, 2.05) is 0 Å². The number of benzene rings is 2. The van der Waals surface area contributed by atoms with Crippen LogP contribution in [-0.2, 0) is 14.3 Å². The molecule has 1 atom stereocenters. The molecule has 1 N–H and O–H groups in total. The third-order valence-electron chi connectivity index (χ3n) is 3.28. The zero-order valence-corrected chi connectivity index (χ0v) is 16.5. The summed E-state index contributed by atoms with van der Waals surface area (Å²) < 4.78 is 10.3. The molecule has 26 heavy (non-hydrogen) atoms. The van der Waals surface area contributed by atoms with Crippen LogP contribution in [0.5, 0.6) is 5.75 Å². The molecule has 0 aliphatic heterocycles. The van der Waals surface area contributed by atoms with Crippen molar-refractivity contribution in [2.45, 2.75) is 17.9 Å². The average Bonchev–Trinajstić information content (AvgIpc) is 2.62. The summed E-state index contributed by atoms with van der Waals surface area (Å²) in [7, 11) is 1.51. The quantitative estimate of drug-likeness (QED) is 0.527. The summed E-state index contributed by atoms with van der Waals surface area (Å²) in [4.78, 5) is 24.8. The van der Waals surface area contributed by atoms with Crippen LogP contribution in [0, 0.1) is 0 Å². The number of carbonyl (C=O) groups excluding carboxylic acids is 2. The van der Waals surface area contributed by atoms with Gasteiger partial charge in [-0.3, -0.25) is 9.59 Å². The number of anilines is 1. The molecule has 2 aromatic carbocycles. The van der Waals surface area contributed by atoms with E-state index < -0.39 is 18.0 Å². The standard InChI is InChI=1S/C18H17Cl2NO4S/c1-11(18(23)21-14-5-3-4-6-15(14)24-2)25-17(22)10-26-16-9-12(19)7-8-13(16)20/h3-9,11H,10H2,1-2H3,(H,21,23). The van der Waals surface area contributed by atoms with Crippen LogP contribution >= 0.6 is 35.0 Å². The van der Waals surface area contributed by atoms with Gasteiger partial charge in [-0.05, 0) is 37.3 Å². The molecule has 0 spiro atoms. The monoisotopic (exact) mass is 413 g/mol. The van der Waals surface area contributed by atoms with Crippen LogP contribution in [0.1, 0.15) is 6.92 Å². The van der Waals surface area contributed by atoms with Crippen LogP contribution in [0.25, 0.3) is 0 Å². The Hall–Kier alpha value is -1.89. The lowest BCUT2D eigenvalue weighted by atomic mass is 10.2. The molecule has 2 rings (SSSR count). The third-order valence-corrected chi connectivity index (χ3v) is 4.99. The predicted molar refractivity (Wildman–Crippen MR) is 104 cm³/mol. The highest BCUT2D eigenvalue weighted by molar-refractivity contribution is 8.00. The highest BCUT2D eigenvalue weighted by atomic mass is 35.5. The fourth-order valence-corrected chi connectivity index (χ4v) is 3.27. The largest absolute Gasteiger partial charge is 0.495 e. The third kappa shape index (κ3) is 5.83. The Balaban J connectivity index is 1.88. The zero-order valence-electron chi connectivity index (χ0n) is 14.1. The van der Waals surface area contributed by atoms with Gasteiger partial charge >= 0.3 is 5.97 Å². The Morgan fingerprint density at radius 3 is 2.65 bits per heavy atom. The van der Waals surface area contributed by atoms with Crippen molar-refractivity contribution in [1.29, 1.82) is 0 Å². The van der Waals surface area contributed by atoms with Crippen LogP contribution in [0.3, 0.4) is 0 Å². The molecule has 138 valence electrons. The second kappa shape index (κ2) is 9.71. The molecule has 0 aliphatic rings. The van der Waals surface area contributed by atoms with E-state index in [0.717, 1.165) is 0 Å². The van der Waals surface area contributed by atoms with Crippen molar-refractivity contribution in [3.05, 3.63) is 52.5 Å². The van der Waals surface area contributed by atoms with Gasteiger partial charge in [0.2, 0.25) is 0 Å². The number of esters is 1. The number of hydrogen-bond donors (Lipinski definition) is 1. The van der Waals surface area contributed by atoms with Gasteiger partial charge in [0.25, 0.3) is 5.91 Å². The maximum Gasteiger partial charge on any atom is 0.317 e. The maximum atomic E-state index is 12.2. The molecule has 0 heterocycles. The normalized spacial score (nSPS) is 11.5. The molecule has 2 aromatic rings. The summed E-state index contributed by atoms with van der Waals surface area (Å²) in [6, 6.07) is 12.0. The average molecular weight is 414 g/mol. The van der Waals surface area contributed by atoms with E-state index in [2.05, 4.69) is 5.32 Å². The summed E-state index contributed by atoms with van der Waals surface area (Å²) >= 11 is 13.1. The first-order valence-corrected chi connectivity index (χ1v) is 9.36. The highest BCUT2D eigenvalue weighted by Gasteiger charge is 2.19. The van der Waals surface area contributed by atoms with Gasteiger partial charge in [0.1, 0.15) is 5.75 Å². The first-order chi connectivity index (χ1) is 12.4. The van der Waals surface area contributed by atoms with Gasteiger partial charge in [0.05, 0.1) is 23.6 Å². The molecule has 5 nitrogen and oxygen atoms in total. The topological polar surface area (TPSA) is 64.6 Å². The number of amides is 1. The van der Waals surface area contributed by atoms with Gasteiger partial charge in [-0.1, -0.05) is 35.3 Å². The van der Waals surface area contributed by atoms with Crippen molar-refractivity contribution < 1.29 is 19.1 Å². The predicted octanol–water partition coefficient (Wildman–Crippen LogP) is 4.66. The molecule has 0 saturated heterocycles. The first kappa shape index (κ1) is 20.4. The lowest BCUT2D eigenvalue weighted by Gasteiger charge is -2.15. The molecule has 0 radical (unpaired) electrons. The Morgan fingerprint density at radius 2 is 1.92 bits per heavy atom. The van der Waals surface area contributed by atoms with Crippen LogP contribution in [0.2, 0.25) is 10.0 Å². The lowest BCUT2D eigenvalue weighted by Crippen LogP contribution is -2.30. The van der Waals surface area contributed by atoms with E-state index in [1.165, 1.54) is 25.8 Å². The van der Waals surface area contributed by atoms with Crippen molar-refractivity contribution in [2.24, 2.45) is 0 Å². The molecule has 0 bridgehead atoms. The summed E-state index contributed by atoms with van der Waals surface area (Å²) in [5.41, 5.74) is 0.503. The van der Waals surface area contributed by atoms with Gasteiger partial charge in [0.15, 0.2) is 6.10 Å². The highest BCUT2D eigenvalue weighted by Crippen LogP contribution is 2.30. The number of carbonyl (C=O) groups is 2. The van der Waals surface area contributed by atoms with E-state index in [1.54, 1.807) is 42.5 Å². The van der Waals surface area contributed by atoms with Crippen molar-refractivity contribution in [1.82, 2.24) is 0 Å². The van der Waals surface area contributed by atoms with Crippen molar-refractivity contribution in [2.75, 3.05) is 18.2 Å². The minimum absolute atomic E-state index is 0.00629. The van der Waals surface area contributed by atoms with Crippen LogP contribution in [0.15, 0.2) is 47.4 Å². The molecule has 0 aromatic heterocycles. The van der Waals surface area contributed by atoms with Gasteiger partial charge in [-0.2, -0.15) is 0 Å². The van der Waals surface area contributed by atoms with Gasteiger partial charge in [0, 0.05) is 9.92 Å². The minimum Gasteiger partial charge on any atom is -0.495 e. The van der Waals surface area contributed by atoms with Gasteiger partial charge in [-0.25, -0.2) is 0 Å². The van der Waals surface area contributed by atoms with E-state index in [-0.39, 0.29) is 5.75 Å². The van der Waals surface area contributed by atoms with Gasteiger partial charge < -0.3 is 14.8 Å². The molecule has 1 unspecified atom stereocenters. The smallest absolute Gasteiger partial charge is 0.317 e. The summed E-state index contributed by atoms with van der Waals surface area (Å²) in [6.07, 6.45) is -0.956. The van der Waals surface area contributed by atoms with Crippen LogP contribution in [-0.4, -0.2) is 30.8 Å². The molecule has 0 aliphatic carbocycles. The van der Waals surface area contributed by atoms with Gasteiger partial charge in [-0.15, -0.1) is 11.8 Å². The van der Waals surface area contributed by atoms with Crippen molar-refractivity contribution in [3.63, 3.8) is 0 Å². The van der Waals surface area contributed by atoms with Crippen molar-refractivity contribution >= 4 is 52.5 Å². The number of nitrogens with one attached hydrogen (secondary N) is 1. The second-order valence-electron chi connectivity index (χ2n) is 5.19. The summed E-state index contributed by atoms with van der Waals surface area (Å²) in [5.74, 6) is -0.459. The number of para-hydroxylation sites is 2. The number of hydrogen-bond acceptors (Lipinski definition) is 5. The molecule has 0 saturated carbocycles. The number of rotatable bonds is 7. The molecule has 0 fully saturated rings. The first-order valence-electron chi connectivity index (χ1n) is 7.62.